The summed E-state index contributed by atoms with van der Waals surface area (Å²) in [4.78, 5) is 11.4. The van der Waals surface area contributed by atoms with E-state index in [1.54, 1.807) is 0 Å². The molecule has 0 saturated carbocycles. The molecule has 0 fully saturated rings. The number of hydrogen-bond acceptors (Lipinski definition) is 2. The summed E-state index contributed by atoms with van der Waals surface area (Å²) in [6.45, 7) is 2.09. The van der Waals surface area contributed by atoms with Gasteiger partial charge in [-0.15, -0.1) is 11.6 Å². The van der Waals surface area contributed by atoms with E-state index in [9.17, 15) is 13.6 Å². The molecule has 0 rings (SSSR count). The van der Waals surface area contributed by atoms with Crippen molar-refractivity contribution in [1.29, 1.82) is 0 Å². The Bertz CT molecular complexity index is 212. The summed E-state index contributed by atoms with van der Waals surface area (Å²) in [6.07, 6.45) is 0.582. The zero-order valence-corrected chi connectivity index (χ0v) is 11.5. The smallest absolute Gasteiger partial charge is 0.261 e. The Hall–Kier alpha value is -0.420. The minimum atomic E-state index is -2.48. The molecule has 3 nitrogen and oxygen atoms in total. The standard InChI is InChI=1S/C12H22ClF2NO2/c1-2-3-10(4-6-13)8-16-12(17)5-7-18-9-11(14)15/h10-11H,2-9H2,1H3,(H,16,17). The van der Waals surface area contributed by atoms with E-state index in [1.807, 2.05) is 0 Å². The van der Waals surface area contributed by atoms with Gasteiger partial charge in [0.2, 0.25) is 5.91 Å². The molecule has 1 amide bonds. The van der Waals surface area contributed by atoms with Crippen LogP contribution in [0.15, 0.2) is 0 Å². The number of rotatable bonds is 11. The maximum Gasteiger partial charge on any atom is 0.261 e. The Morgan fingerprint density at radius 3 is 2.67 bits per heavy atom. The van der Waals surface area contributed by atoms with Gasteiger partial charge < -0.3 is 10.1 Å². The van der Waals surface area contributed by atoms with Gasteiger partial charge in [-0.05, 0) is 18.8 Å². The van der Waals surface area contributed by atoms with Crippen LogP contribution in [0.1, 0.15) is 32.6 Å². The second kappa shape index (κ2) is 11.7. The first-order valence-electron chi connectivity index (χ1n) is 6.28. The van der Waals surface area contributed by atoms with Gasteiger partial charge >= 0.3 is 0 Å². The molecular weight excluding hydrogens is 264 g/mol. The third-order valence-electron chi connectivity index (χ3n) is 2.52. The molecule has 0 aromatic carbocycles. The highest BCUT2D eigenvalue weighted by Gasteiger charge is 2.09. The number of alkyl halides is 3. The zero-order chi connectivity index (χ0) is 13.8. The summed E-state index contributed by atoms with van der Waals surface area (Å²) in [5.74, 6) is 0.802. The van der Waals surface area contributed by atoms with Crippen molar-refractivity contribution in [3.8, 4) is 0 Å². The van der Waals surface area contributed by atoms with Gasteiger partial charge in [-0.3, -0.25) is 4.79 Å². The van der Waals surface area contributed by atoms with Gasteiger partial charge in [0.1, 0.15) is 6.61 Å². The van der Waals surface area contributed by atoms with Crippen molar-refractivity contribution in [3.63, 3.8) is 0 Å². The fourth-order valence-corrected chi connectivity index (χ4v) is 1.90. The summed E-state index contributed by atoms with van der Waals surface area (Å²) >= 11 is 5.68. The normalized spacial score (nSPS) is 12.7. The molecule has 0 radical (unpaired) electrons. The van der Waals surface area contributed by atoms with E-state index in [0.717, 1.165) is 19.3 Å². The maximum absolute atomic E-state index is 11.7. The van der Waals surface area contributed by atoms with Gasteiger partial charge in [-0.2, -0.15) is 0 Å². The van der Waals surface area contributed by atoms with Crippen LogP contribution in [0, 0.1) is 5.92 Å². The second-order valence-corrected chi connectivity index (χ2v) is 4.53. The van der Waals surface area contributed by atoms with Gasteiger partial charge in [0, 0.05) is 18.8 Å². The van der Waals surface area contributed by atoms with Crippen LogP contribution in [0.25, 0.3) is 0 Å². The molecule has 0 aliphatic heterocycles. The monoisotopic (exact) mass is 285 g/mol. The van der Waals surface area contributed by atoms with Gasteiger partial charge in [0.25, 0.3) is 6.43 Å². The van der Waals surface area contributed by atoms with Gasteiger partial charge in [-0.25, -0.2) is 8.78 Å². The van der Waals surface area contributed by atoms with Crippen molar-refractivity contribution in [2.45, 2.75) is 39.0 Å². The third-order valence-corrected chi connectivity index (χ3v) is 2.74. The van der Waals surface area contributed by atoms with Crippen molar-refractivity contribution in [2.24, 2.45) is 5.92 Å². The fourth-order valence-electron chi connectivity index (χ4n) is 1.59. The molecule has 1 atom stereocenters. The minimum absolute atomic E-state index is 0.0319. The number of hydrogen-bond donors (Lipinski definition) is 1. The molecule has 0 saturated heterocycles. The molecule has 0 bridgehead atoms. The highest BCUT2D eigenvalue weighted by Crippen LogP contribution is 2.10. The van der Waals surface area contributed by atoms with Gasteiger partial charge in [-0.1, -0.05) is 13.3 Å². The van der Waals surface area contributed by atoms with E-state index in [4.69, 9.17) is 11.6 Å². The highest BCUT2D eigenvalue weighted by molar-refractivity contribution is 6.17. The van der Waals surface area contributed by atoms with Crippen LogP contribution < -0.4 is 5.32 Å². The third kappa shape index (κ3) is 10.7. The van der Waals surface area contributed by atoms with Crippen LogP contribution in [0.3, 0.4) is 0 Å². The number of halogens is 3. The second-order valence-electron chi connectivity index (χ2n) is 4.15. The van der Waals surface area contributed by atoms with Crippen LogP contribution >= 0.6 is 11.6 Å². The summed E-state index contributed by atoms with van der Waals surface area (Å²) < 4.78 is 28.1. The van der Waals surface area contributed by atoms with Gasteiger partial charge in [0.15, 0.2) is 0 Å². The lowest BCUT2D eigenvalue weighted by atomic mass is 10.0. The molecular formula is C12H22ClF2NO2. The van der Waals surface area contributed by atoms with Crippen molar-refractivity contribution < 1.29 is 18.3 Å². The number of amides is 1. The molecule has 108 valence electrons. The summed E-state index contributed by atoms with van der Waals surface area (Å²) in [5.41, 5.74) is 0. The van der Waals surface area contributed by atoms with Gasteiger partial charge in [0.05, 0.1) is 6.61 Å². The Balaban J connectivity index is 3.60. The van der Waals surface area contributed by atoms with E-state index in [1.165, 1.54) is 0 Å². The summed E-state index contributed by atoms with van der Waals surface area (Å²) in [7, 11) is 0. The first-order chi connectivity index (χ1) is 8.60. The molecule has 1 unspecified atom stereocenters. The topological polar surface area (TPSA) is 38.3 Å². The predicted molar refractivity (Wildman–Crippen MR) is 68.2 cm³/mol. The fraction of sp³-hybridized carbons (Fsp3) is 0.917. The summed E-state index contributed by atoms with van der Waals surface area (Å²) in [5, 5.41) is 2.78. The SMILES string of the molecule is CCCC(CCCl)CNC(=O)CCOCC(F)F. The molecule has 6 heteroatoms. The first-order valence-corrected chi connectivity index (χ1v) is 6.82. The van der Waals surface area contributed by atoms with Crippen molar-refractivity contribution in [3.05, 3.63) is 0 Å². The van der Waals surface area contributed by atoms with E-state index < -0.39 is 13.0 Å². The average Bonchev–Trinajstić information content (AvgIpc) is 2.32. The average molecular weight is 286 g/mol. The highest BCUT2D eigenvalue weighted by atomic mass is 35.5. The van der Waals surface area contributed by atoms with E-state index >= 15 is 0 Å². The van der Waals surface area contributed by atoms with Crippen LogP contribution in [0.4, 0.5) is 8.78 Å². The lowest BCUT2D eigenvalue weighted by Crippen LogP contribution is -2.30. The Morgan fingerprint density at radius 2 is 2.11 bits per heavy atom. The number of ether oxygens (including phenoxy) is 1. The summed E-state index contributed by atoms with van der Waals surface area (Å²) in [6, 6.07) is 0. The molecule has 0 aromatic rings. The quantitative estimate of drug-likeness (QED) is 0.468. The zero-order valence-electron chi connectivity index (χ0n) is 10.8. The molecule has 0 aliphatic carbocycles. The van der Waals surface area contributed by atoms with Crippen molar-refractivity contribution in [1.82, 2.24) is 5.32 Å². The Morgan fingerprint density at radius 1 is 1.39 bits per heavy atom. The van der Waals surface area contributed by atoms with E-state index in [-0.39, 0.29) is 18.9 Å². The van der Waals surface area contributed by atoms with Crippen molar-refractivity contribution >= 4 is 17.5 Å². The maximum atomic E-state index is 11.7. The van der Waals surface area contributed by atoms with E-state index in [0.29, 0.717) is 18.3 Å². The molecule has 0 aromatic heterocycles. The van der Waals surface area contributed by atoms with Crippen LogP contribution in [0.2, 0.25) is 0 Å². The van der Waals surface area contributed by atoms with Crippen LogP contribution in [0.5, 0.6) is 0 Å². The Labute approximate surface area is 112 Å². The number of carbonyl (C=O) groups is 1. The lowest BCUT2D eigenvalue weighted by molar-refractivity contribution is -0.122. The van der Waals surface area contributed by atoms with Crippen molar-refractivity contribution in [2.75, 3.05) is 25.6 Å². The Kier molecular flexibility index (Phi) is 11.4. The van der Waals surface area contributed by atoms with E-state index in [2.05, 4.69) is 17.0 Å². The molecule has 0 aliphatic rings. The number of carbonyl (C=O) groups excluding carboxylic acids is 1. The minimum Gasteiger partial charge on any atom is -0.375 e. The predicted octanol–water partition coefficient (Wildman–Crippen LogP) is 2.82. The van der Waals surface area contributed by atoms with Crippen LogP contribution in [-0.4, -0.2) is 38.0 Å². The number of nitrogens with one attached hydrogen (secondary N) is 1. The molecule has 1 N–H and O–H groups in total. The largest absolute Gasteiger partial charge is 0.375 e. The molecule has 18 heavy (non-hydrogen) atoms. The lowest BCUT2D eigenvalue weighted by Gasteiger charge is -2.15. The first kappa shape index (κ1) is 17.6. The van der Waals surface area contributed by atoms with Crippen LogP contribution in [-0.2, 0) is 9.53 Å². The molecule has 0 spiro atoms. The molecule has 0 heterocycles.